The van der Waals surface area contributed by atoms with Gasteiger partial charge in [0.15, 0.2) is 11.6 Å². The number of hydrogen-bond donors (Lipinski definition) is 0. The molecule has 0 fully saturated rings. The van der Waals surface area contributed by atoms with Crippen molar-refractivity contribution in [2.75, 3.05) is 0 Å². The molecule has 0 aromatic heterocycles. The number of ketones is 2. The molecule has 0 aliphatic heterocycles. The van der Waals surface area contributed by atoms with Crippen LogP contribution in [0.5, 0.6) is 0 Å². The van der Waals surface area contributed by atoms with E-state index in [1.807, 2.05) is 55.4 Å². The second-order valence-corrected chi connectivity index (χ2v) is 6.41. The Morgan fingerprint density at radius 3 is 0.727 bits per heavy atom. The molecule has 0 radical (unpaired) electrons. The van der Waals surface area contributed by atoms with Crippen molar-refractivity contribution in [1.29, 1.82) is 0 Å². The van der Waals surface area contributed by atoms with Gasteiger partial charge in [-0.25, -0.2) is 0 Å². The Labute approximate surface area is 133 Å². The van der Waals surface area contributed by atoms with Crippen LogP contribution in [0.3, 0.4) is 0 Å². The van der Waals surface area contributed by atoms with E-state index >= 15 is 0 Å². The maximum atomic E-state index is 12.3. The van der Waals surface area contributed by atoms with Crippen molar-refractivity contribution in [2.45, 2.75) is 55.4 Å². The quantitative estimate of drug-likeness (QED) is 0.644. The van der Waals surface area contributed by atoms with Crippen molar-refractivity contribution in [3.8, 4) is 0 Å². The lowest BCUT2D eigenvalue weighted by molar-refractivity contribution is -0.113. The molecule has 0 spiro atoms. The van der Waals surface area contributed by atoms with Crippen molar-refractivity contribution < 1.29 is 9.59 Å². The third kappa shape index (κ3) is 2.09. The Morgan fingerprint density at radius 2 is 0.545 bits per heavy atom. The van der Waals surface area contributed by atoms with Crippen molar-refractivity contribution in [3.05, 3.63) is 55.7 Å². The van der Waals surface area contributed by atoms with Gasteiger partial charge in [0.2, 0.25) is 0 Å². The molecule has 0 N–H and O–H groups in total. The van der Waals surface area contributed by atoms with Gasteiger partial charge >= 0.3 is 0 Å². The van der Waals surface area contributed by atoms with Crippen molar-refractivity contribution >= 4 is 11.6 Å². The first-order chi connectivity index (χ1) is 10.1. The second kappa shape index (κ2) is 5.35. The molecule has 0 amide bonds. The summed E-state index contributed by atoms with van der Waals surface area (Å²) in [6.07, 6.45) is 0. The highest BCUT2D eigenvalue weighted by atomic mass is 16.1. The van der Waals surface area contributed by atoms with E-state index in [9.17, 15) is 9.59 Å². The fourth-order valence-corrected chi connectivity index (χ4v) is 3.31. The Hall–Kier alpha value is -1.96. The van der Waals surface area contributed by atoms with Crippen LogP contribution in [-0.2, 0) is 9.59 Å². The lowest BCUT2D eigenvalue weighted by Crippen LogP contribution is -2.19. The summed E-state index contributed by atoms with van der Waals surface area (Å²) >= 11 is 0. The van der Waals surface area contributed by atoms with Gasteiger partial charge in [-0.05, 0) is 88.8 Å². The zero-order valence-electron chi connectivity index (χ0n) is 14.8. The molecule has 116 valence electrons. The standard InChI is InChI=1S/C20H24O2/c1-9-13(5)19(21)14(6)10(2)17(9)18-11(3)15(7)20(22)16(8)12(18)4/h1-8H3. The fourth-order valence-electron chi connectivity index (χ4n) is 3.31. The molecule has 2 aliphatic carbocycles. The average molecular weight is 296 g/mol. The summed E-state index contributed by atoms with van der Waals surface area (Å²) < 4.78 is 0. The van der Waals surface area contributed by atoms with Gasteiger partial charge in [0.25, 0.3) is 0 Å². The lowest BCUT2D eigenvalue weighted by Gasteiger charge is -2.29. The molecule has 2 aliphatic rings. The third-order valence-electron chi connectivity index (χ3n) is 5.36. The highest BCUT2D eigenvalue weighted by molar-refractivity contribution is 6.13. The van der Waals surface area contributed by atoms with E-state index in [1.54, 1.807) is 0 Å². The molecular formula is C20H24O2. The van der Waals surface area contributed by atoms with Gasteiger partial charge in [-0.2, -0.15) is 0 Å². The van der Waals surface area contributed by atoms with Crippen LogP contribution < -0.4 is 0 Å². The van der Waals surface area contributed by atoms with Gasteiger partial charge in [-0.1, -0.05) is 0 Å². The number of carbonyl (C=O) groups excluding carboxylic acids is 2. The maximum absolute atomic E-state index is 12.3. The average Bonchev–Trinajstić information content (AvgIpc) is 2.50. The first kappa shape index (κ1) is 16.4. The predicted molar refractivity (Wildman–Crippen MR) is 90.5 cm³/mol. The Balaban J connectivity index is 2.94. The Morgan fingerprint density at radius 1 is 0.364 bits per heavy atom. The number of Topliss-reactive ketones (excluding diaryl/α,β-unsaturated/α-hetero) is 2. The SMILES string of the molecule is CC1=C(C)C(=C2C(C)=C(C)C(=O)C(C)=C2C)C(C)=C(C)C1=O. The molecule has 2 heteroatoms. The van der Waals surface area contributed by atoms with Gasteiger partial charge in [0, 0.05) is 22.3 Å². The first-order valence-electron chi connectivity index (χ1n) is 7.66. The van der Waals surface area contributed by atoms with Crippen LogP contribution in [0.25, 0.3) is 0 Å². The molecular weight excluding hydrogens is 272 g/mol. The Kier molecular flexibility index (Phi) is 3.99. The lowest BCUT2D eigenvalue weighted by atomic mass is 9.74. The van der Waals surface area contributed by atoms with E-state index in [2.05, 4.69) is 0 Å². The normalized spacial score (nSPS) is 20.9. The van der Waals surface area contributed by atoms with Gasteiger partial charge < -0.3 is 0 Å². The van der Waals surface area contributed by atoms with Crippen LogP contribution >= 0.6 is 0 Å². The highest BCUT2D eigenvalue weighted by Gasteiger charge is 2.30. The summed E-state index contributed by atoms with van der Waals surface area (Å²) in [5.41, 5.74) is 9.56. The summed E-state index contributed by atoms with van der Waals surface area (Å²) in [5, 5.41) is 0. The van der Waals surface area contributed by atoms with E-state index < -0.39 is 0 Å². The van der Waals surface area contributed by atoms with E-state index in [0.717, 1.165) is 55.7 Å². The minimum absolute atomic E-state index is 0.128. The number of carbonyl (C=O) groups is 2. The van der Waals surface area contributed by atoms with E-state index in [4.69, 9.17) is 0 Å². The molecule has 0 atom stereocenters. The molecule has 0 saturated carbocycles. The van der Waals surface area contributed by atoms with Crippen LogP contribution in [0.1, 0.15) is 55.4 Å². The van der Waals surface area contributed by atoms with Gasteiger partial charge in [-0.3, -0.25) is 9.59 Å². The van der Waals surface area contributed by atoms with Crippen molar-refractivity contribution in [3.63, 3.8) is 0 Å². The zero-order valence-corrected chi connectivity index (χ0v) is 14.8. The highest BCUT2D eigenvalue weighted by Crippen LogP contribution is 2.41. The number of allylic oxidation sites excluding steroid dienone is 10. The van der Waals surface area contributed by atoms with Crippen LogP contribution in [0.2, 0.25) is 0 Å². The fraction of sp³-hybridized carbons (Fsp3) is 0.400. The minimum Gasteiger partial charge on any atom is -0.289 e. The smallest absolute Gasteiger partial charge is 0.184 e. The molecule has 22 heavy (non-hydrogen) atoms. The molecule has 0 bridgehead atoms. The van der Waals surface area contributed by atoms with E-state index in [1.165, 1.54) is 0 Å². The minimum atomic E-state index is 0.128. The molecule has 0 heterocycles. The largest absolute Gasteiger partial charge is 0.289 e. The molecule has 2 rings (SSSR count). The summed E-state index contributed by atoms with van der Waals surface area (Å²) in [5.74, 6) is 0.255. The number of hydrogen-bond acceptors (Lipinski definition) is 2. The maximum Gasteiger partial charge on any atom is 0.184 e. The molecule has 0 saturated heterocycles. The van der Waals surface area contributed by atoms with E-state index in [-0.39, 0.29) is 11.6 Å². The Bertz CT molecular complexity index is 649. The molecule has 0 aromatic rings. The van der Waals surface area contributed by atoms with Crippen LogP contribution in [-0.4, -0.2) is 11.6 Å². The second-order valence-electron chi connectivity index (χ2n) is 6.41. The first-order valence-corrected chi connectivity index (χ1v) is 7.66. The molecule has 0 unspecified atom stereocenters. The topological polar surface area (TPSA) is 34.1 Å². The summed E-state index contributed by atoms with van der Waals surface area (Å²) in [7, 11) is 0. The van der Waals surface area contributed by atoms with Crippen LogP contribution in [0.15, 0.2) is 55.7 Å². The van der Waals surface area contributed by atoms with Crippen molar-refractivity contribution in [2.24, 2.45) is 0 Å². The molecule has 2 nitrogen and oxygen atoms in total. The molecule has 0 aromatic carbocycles. The summed E-state index contributed by atoms with van der Waals surface area (Å²) in [6, 6.07) is 0. The predicted octanol–water partition coefficient (Wildman–Crippen LogP) is 4.79. The van der Waals surface area contributed by atoms with E-state index in [0.29, 0.717) is 0 Å². The van der Waals surface area contributed by atoms with Crippen LogP contribution in [0.4, 0.5) is 0 Å². The zero-order chi connectivity index (χ0) is 16.9. The van der Waals surface area contributed by atoms with Crippen molar-refractivity contribution in [1.82, 2.24) is 0 Å². The third-order valence-corrected chi connectivity index (χ3v) is 5.36. The van der Waals surface area contributed by atoms with Crippen LogP contribution in [0, 0.1) is 0 Å². The van der Waals surface area contributed by atoms with Gasteiger partial charge in [0.1, 0.15) is 0 Å². The van der Waals surface area contributed by atoms with Gasteiger partial charge in [0.05, 0.1) is 0 Å². The number of rotatable bonds is 0. The van der Waals surface area contributed by atoms with Gasteiger partial charge in [-0.15, -0.1) is 0 Å². The summed E-state index contributed by atoms with van der Waals surface area (Å²) in [4.78, 5) is 24.6. The summed E-state index contributed by atoms with van der Waals surface area (Å²) in [6.45, 7) is 15.6. The monoisotopic (exact) mass is 296 g/mol.